The number of rotatable bonds is 2. The van der Waals surface area contributed by atoms with Gasteiger partial charge in [0.1, 0.15) is 5.82 Å². The first kappa shape index (κ1) is 12.0. The van der Waals surface area contributed by atoms with Crippen LogP contribution < -0.4 is 5.32 Å². The van der Waals surface area contributed by atoms with E-state index < -0.39 is 0 Å². The summed E-state index contributed by atoms with van der Waals surface area (Å²) in [5, 5.41) is 3.19. The van der Waals surface area contributed by atoms with E-state index in [4.69, 9.17) is 0 Å². The van der Waals surface area contributed by atoms with Gasteiger partial charge in [-0.1, -0.05) is 17.7 Å². The van der Waals surface area contributed by atoms with Gasteiger partial charge in [0.25, 0.3) is 0 Å². The molecule has 1 heterocycles. The summed E-state index contributed by atoms with van der Waals surface area (Å²) in [6, 6.07) is 4.89. The van der Waals surface area contributed by atoms with Gasteiger partial charge in [-0.05, 0) is 18.6 Å². The van der Waals surface area contributed by atoms with Crippen molar-refractivity contribution in [3.63, 3.8) is 0 Å². The van der Waals surface area contributed by atoms with Crippen LogP contribution in [0.1, 0.15) is 11.1 Å². The summed E-state index contributed by atoms with van der Waals surface area (Å²) in [5.41, 5.74) is 1.48. The zero-order valence-corrected chi connectivity index (χ0v) is 10.0. The average molecular weight is 236 g/mol. The van der Waals surface area contributed by atoms with Crippen LogP contribution in [0, 0.1) is 12.7 Å². The first-order valence-corrected chi connectivity index (χ1v) is 5.90. The van der Waals surface area contributed by atoms with Crippen LogP contribution in [0.5, 0.6) is 0 Å². The average Bonchev–Trinajstić information content (AvgIpc) is 2.35. The highest BCUT2D eigenvalue weighted by molar-refractivity contribution is 5.79. The van der Waals surface area contributed by atoms with Crippen LogP contribution in [-0.2, 0) is 11.2 Å². The molecule has 0 radical (unpaired) electrons. The lowest BCUT2D eigenvalue weighted by molar-refractivity contribution is -0.131. The van der Waals surface area contributed by atoms with Gasteiger partial charge in [0.2, 0.25) is 5.91 Å². The number of aryl methyl sites for hydroxylation is 1. The van der Waals surface area contributed by atoms with E-state index in [2.05, 4.69) is 5.32 Å². The van der Waals surface area contributed by atoms with Crippen LogP contribution >= 0.6 is 0 Å². The summed E-state index contributed by atoms with van der Waals surface area (Å²) in [4.78, 5) is 13.8. The minimum atomic E-state index is -0.293. The van der Waals surface area contributed by atoms with E-state index in [1.165, 1.54) is 6.07 Å². The van der Waals surface area contributed by atoms with Crippen molar-refractivity contribution in [2.24, 2.45) is 0 Å². The second-order valence-electron chi connectivity index (χ2n) is 4.40. The molecule has 0 unspecified atom stereocenters. The number of nitrogens with one attached hydrogen (secondary N) is 1. The summed E-state index contributed by atoms with van der Waals surface area (Å²) in [6.07, 6.45) is 0.160. The Morgan fingerprint density at radius 3 is 2.82 bits per heavy atom. The largest absolute Gasteiger partial charge is 0.340 e. The van der Waals surface area contributed by atoms with Gasteiger partial charge in [-0.3, -0.25) is 4.79 Å². The lowest BCUT2D eigenvalue weighted by atomic mass is 10.1. The van der Waals surface area contributed by atoms with Crippen molar-refractivity contribution in [1.82, 2.24) is 10.2 Å². The Morgan fingerprint density at radius 1 is 1.41 bits per heavy atom. The van der Waals surface area contributed by atoms with Crippen molar-refractivity contribution in [2.45, 2.75) is 13.3 Å². The van der Waals surface area contributed by atoms with Gasteiger partial charge in [-0.2, -0.15) is 0 Å². The van der Waals surface area contributed by atoms with Crippen molar-refractivity contribution in [3.8, 4) is 0 Å². The van der Waals surface area contributed by atoms with Crippen LogP contribution in [0.4, 0.5) is 4.39 Å². The van der Waals surface area contributed by atoms with Gasteiger partial charge in [-0.15, -0.1) is 0 Å². The number of hydrogen-bond donors (Lipinski definition) is 1. The number of carbonyl (C=O) groups excluding carboxylic acids is 1. The van der Waals surface area contributed by atoms with E-state index in [1.807, 2.05) is 6.92 Å². The molecule has 17 heavy (non-hydrogen) atoms. The Labute approximate surface area is 101 Å². The second kappa shape index (κ2) is 5.27. The molecule has 0 bridgehead atoms. The maximum Gasteiger partial charge on any atom is 0.227 e. The molecule has 92 valence electrons. The molecule has 1 fully saturated rings. The molecule has 0 saturated carbocycles. The SMILES string of the molecule is Cc1ccc(F)c(CC(=O)N2CCNCC2)c1. The van der Waals surface area contributed by atoms with Gasteiger partial charge in [-0.25, -0.2) is 4.39 Å². The highest BCUT2D eigenvalue weighted by atomic mass is 19.1. The monoisotopic (exact) mass is 236 g/mol. The maximum absolute atomic E-state index is 13.5. The fourth-order valence-corrected chi connectivity index (χ4v) is 2.03. The molecule has 0 atom stereocenters. The van der Waals surface area contributed by atoms with Crippen molar-refractivity contribution in [3.05, 3.63) is 35.1 Å². The number of carbonyl (C=O) groups is 1. The second-order valence-corrected chi connectivity index (χ2v) is 4.40. The number of benzene rings is 1. The molecule has 1 amide bonds. The predicted molar refractivity (Wildman–Crippen MR) is 64.3 cm³/mol. The number of piperazine rings is 1. The maximum atomic E-state index is 13.5. The van der Waals surface area contributed by atoms with Gasteiger partial charge in [0, 0.05) is 26.2 Å². The zero-order valence-electron chi connectivity index (χ0n) is 10.0. The molecule has 0 spiro atoms. The van der Waals surface area contributed by atoms with Crippen molar-refractivity contribution in [1.29, 1.82) is 0 Å². The Balaban J connectivity index is 2.04. The summed E-state index contributed by atoms with van der Waals surface area (Å²) >= 11 is 0. The predicted octanol–water partition coefficient (Wildman–Crippen LogP) is 1.11. The summed E-state index contributed by atoms with van der Waals surface area (Å²) in [7, 11) is 0. The Kier molecular flexibility index (Phi) is 3.74. The normalized spacial score (nSPS) is 16.0. The lowest BCUT2D eigenvalue weighted by Gasteiger charge is -2.27. The van der Waals surface area contributed by atoms with E-state index in [-0.39, 0.29) is 18.1 Å². The third kappa shape index (κ3) is 3.03. The van der Waals surface area contributed by atoms with Crippen molar-refractivity contribution < 1.29 is 9.18 Å². The van der Waals surface area contributed by atoms with Crippen LogP contribution in [0.15, 0.2) is 18.2 Å². The molecular formula is C13H17FN2O. The van der Waals surface area contributed by atoms with Gasteiger partial charge in [0.15, 0.2) is 0 Å². The molecule has 2 rings (SSSR count). The van der Waals surface area contributed by atoms with E-state index >= 15 is 0 Å². The van der Waals surface area contributed by atoms with E-state index in [9.17, 15) is 9.18 Å². The van der Waals surface area contributed by atoms with Crippen molar-refractivity contribution >= 4 is 5.91 Å². The van der Waals surface area contributed by atoms with E-state index in [1.54, 1.807) is 17.0 Å². The number of nitrogens with zero attached hydrogens (tertiary/aromatic N) is 1. The number of hydrogen-bond acceptors (Lipinski definition) is 2. The summed E-state index contributed by atoms with van der Waals surface area (Å²) in [6.45, 7) is 4.97. The van der Waals surface area contributed by atoms with Crippen LogP contribution in [0.3, 0.4) is 0 Å². The van der Waals surface area contributed by atoms with Crippen LogP contribution in [0.25, 0.3) is 0 Å². The van der Waals surface area contributed by atoms with Gasteiger partial charge in [0.05, 0.1) is 6.42 Å². The van der Waals surface area contributed by atoms with Gasteiger partial charge < -0.3 is 10.2 Å². The Bertz CT molecular complexity index is 414. The summed E-state index contributed by atoms with van der Waals surface area (Å²) < 4.78 is 13.5. The smallest absolute Gasteiger partial charge is 0.227 e. The topological polar surface area (TPSA) is 32.3 Å². The Hall–Kier alpha value is -1.42. The zero-order chi connectivity index (χ0) is 12.3. The molecule has 1 aliphatic rings. The first-order chi connectivity index (χ1) is 8.16. The molecule has 1 N–H and O–H groups in total. The molecule has 1 aromatic rings. The molecule has 1 saturated heterocycles. The molecule has 0 aromatic heterocycles. The molecule has 1 aliphatic heterocycles. The Morgan fingerprint density at radius 2 is 2.12 bits per heavy atom. The fraction of sp³-hybridized carbons (Fsp3) is 0.462. The molecular weight excluding hydrogens is 219 g/mol. The minimum Gasteiger partial charge on any atom is -0.340 e. The number of amides is 1. The third-order valence-corrected chi connectivity index (χ3v) is 3.01. The third-order valence-electron chi connectivity index (χ3n) is 3.01. The standard InChI is InChI=1S/C13H17FN2O/c1-10-2-3-12(14)11(8-10)9-13(17)16-6-4-15-5-7-16/h2-3,8,15H,4-7,9H2,1H3. The minimum absolute atomic E-state index is 0.0102. The van der Waals surface area contributed by atoms with Crippen LogP contribution in [-0.4, -0.2) is 37.0 Å². The highest BCUT2D eigenvalue weighted by Crippen LogP contribution is 2.12. The fourth-order valence-electron chi connectivity index (χ4n) is 2.03. The summed E-state index contributed by atoms with van der Waals surface area (Å²) in [5.74, 6) is -0.282. The first-order valence-electron chi connectivity index (χ1n) is 5.90. The molecule has 1 aromatic carbocycles. The lowest BCUT2D eigenvalue weighted by Crippen LogP contribution is -2.47. The van der Waals surface area contributed by atoms with E-state index in [0.29, 0.717) is 18.7 Å². The molecule has 0 aliphatic carbocycles. The quantitative estimate of drug-likeness (QED) is 0.834. The molecule has 3 nitrogen and oxygen atoms in total. The highest BCUT2D eigenvalue weighted by Gasteiger charge is 2.17. The van der Waals surface area contributed by atoms with Gasteiger partial charge >= 0.3 is 0 Å². The van der Waals surface area contributed by atoms with Crippen molar-refractivity contribution in [2.75, 3.05) is 26.2 Å². The molecule has 4 heteroatoms. The van der Waals surface area contributed by atoms with E-state index in [0.717, 1.165) is 18.7 Å². The number of halogens is 1. The van der Waals surface area contributed by atoms with Crippen LogP contribution in [0.2, 0.25) is 0 Å².